The van der Waals surface area contributed by atoms with Crippen LogP contribution in [0.3, 0.4) is 0 Å². The van der Waals surface area contributed by atoms with Gasteiger partial charge in [0.05, 0.1) is 6.04 Å². The molecule has 11 nitrogen and oxygen atoms in total. The molecule has 0 saturated carbocycles. The molecule has 3 unspecified atom stereocenters. The molecule has 4 amide bonds. The molecule has 0 aliphatic carbocycles. The number of piperazine rings is 1. The van der Waals surface area contributed by atoms with Crippen molar-refractivity contribution in [3.8, 4) is 0 Å². The third kappa shape index (κ3) is 10.6. The lowest BCUT2D eigenvalue weighted by Gasteiger charge is -2.32. The number of carbonyl (C=O) groups excluding carboxylic acids is 5. The summed E-state index contributed by atoms with van der Waals surface area (Å²) >= 11 is 0. The zero-order chi connectivity index (χ0) is 31.4. The van der Waals surface area contributed by atoms with Crippen LogP contribution in [0.15, 0.2) is 60.7 Å². The van der Waals surface area contributed by atoms with Crippen molar-refractivity contribution in [3.63, 3.8) is 0 Å². The summed E-state index contributed by atoms with van der Waals surface area (Å²) in [4.78, 5) is 69.3. The zero-order valence-corrected chi connectivity index (χ0v) is 25.5. The smallest absolute Gasteiger partial charge is 0.289 e. The number of nitrogens with zero attached hydrogens (tertiary/aromatic N) is 2. The maximum atomic E-state index is 13.3. The fraction of sp³-hybridized carbons (Fsp3) is 0.469. The molecule has 1 aliphatic heterocycles. The number of nitrogens with one attached hydrogen (secondary N) is 4. The highest BCUT2D eigenvalue weighted by molar-refractivity contribution is 6.38. The van der Waals surface area contributed by atoms with Gasteiger partial charge in [-0.05, 0) is 37.6 Å². The number of Topliss-reactive ketones (excluding diaryl/α,β-unsaturated/α-hetero) is 1. The summed E-state index contributed by atoms with van der Waals surface area (Å²) in [6.07, 6.45) is 0.209. The number of rotatable bonds is 14. The summed E-state index contributed by atoms with van der Waals surface area (Å²) in [5.74, 6) is -3.44. The zero-order valence-electron chi connectivity index (χ0n) is 25.5. The van der Waals surface area contributed by atoms with Gasteiger partial charge < -0.3 is 26.2 Å². The van der Waals surface area contributed by atoms with Gasteiger partial charge in [-0.2, -0.15) is 0 Å². The van der Waals surface area contributed by atoms with Gasteiger partial charge in [0, 0.05) is 51.3 Å². The number of carbonyl (C=O) groups is 5. The van der Waals surface area contributed by atoms with Crippen LogP contribution in [0, 0.1) is 5.92 Å². The minimum atomic E-state index is -1.06. The van der Waals surface area contributed by atoms with Gasteiger partial charge in [0.15, 0.2) is 0 Å². The molecule has 11 heteroatoms. The normalized spacial score (nSPS) is 16.0. The van der Waals surface area contributed by atoms with Gasteiger partial charge in [-0.1, -0.05) is 62.4 Å². The molecule has 1 aliphatic rings. The lowest BCUT2D eigenvalue weighted by Crippen LogP contribution is -2.57. The Labute approximate surface area is 253 Å². The highest BCUT2D eigenvalue weighted by atomic mass is 16.2. The van der Waals surface area contributed by atoms with Crippen LogP contribution >= 0.6 is 0 Å². The predicted octanol–water partition coefficient (Wildman–Crippen LogP) is 0.606. The van der Waals surface area contributed by atoms with Gasteiger partial charge in [0.2, 0.25) is 17.6 Å². The first-order chi connectivity index (χ1) is 20.5. The van der Waals surface area contributed by atoms with E-state index in [-0.39, 0.29) is 12.3 Å². The first-order valence-electron chi connectivity index (χ1n) is 14.8. The molecule has 0 spiro atoms. The third-order valence-corrected chi connectivity index (χ3v) is 7.47. The van der Waals surface area contributed by atoms with E-state index >= 15 is 0 Å². The molecule has 0 aromatic heterocycles. The molecule has 4 N–H and O–H groups in total. The molecule has 1 heterocycles. The van der Waals surface area contributed by atoms with Gasteiger partial charge in [-0.3, -0.25) is 28.9 Å². The number of benzene rings is 2. The Morgan fingerprint density at radius 1 is 0.767 bits per heavy atom. The van der Waals surface area contributed by atoms with Gasteiger partial charge in [-0.15, -0.1) is 0 Å². The van der Waals surface area contributed by atoms with E-state index in [4.69, 9.17) is 0 Å². The quantitative estimate of drug-likeness (QED) is 0.236. The van der Waals surface area contributed by atoms with Gasteiger partial charge in [0.1, 0.15) is 12.1 Å². The molecule has 43 heavy (non-hydrogen) atoms. The number of ketones is 1. The highest BCUT2D eigenvalue weighted by Crippen LogP contribution is 2.08. The second-order valence-corrected chi connectivity index (χ2v) is 11.3. The number of amides is 4. The summed E-state index contributed by atoms with van der Waals surface area (Å²) < 4.78 is 0. The third-order valence-electron chi connectivity index (χ3n) is 7.47. The fourth-order valence-corrected chi connectivity index (χ4v) is 4.71. The molecule has 0 bridgehead atoms. The maximum absolute atomic E-state index is 13.3. The summed E-state index contributed by atoms with van der Waals surface area (Å²) in [6, 6.07) is 14.7. The lowest BCUT2D eigenvalue weighted by molar-refractivity contribution is -0.141. The van der Waals surface area contributed by atoms with Crippen LogP contribution in [0.5, 0.6) is 0 Å². The molecular weight excluding hydrogens is 548 g/mol. The van der Waals surface area contributed by atoms with Crippen LogP contribution in [-0.2, 0) is 25.6 Å². The Hall–Kier alpha value is -4.09. The van der Waals surface area contributed by atoms with E-state index in [2.05, 4.69) is 38.1 Å². The highest BCUT2D eigenvalue weighted by Gasteiger charge is 2.32. The Morgan fingerprint density at radius 2 is 1.37 bits per heavy atom. The standard InChI is InChI=1S/C32H44N6O5/c1-22(2)27(28(39)32(43)33-15-16-38-19-17-37(4)18-20-38)36-29(40)23(3)34-31(42)26(21-24-11-7-5-8-12-24)35-30(41)25-13-9-6-10-14-25/h5-14,22-23,26-27H,15-21H2,1-4H3,(H,33,43)(H,34,42)(H,35,41)(H,36,40). The maximum Gasteiger partial charge on any atom is 0.289 e. The first-order valence-corrected chi connectivity index (χ1v) is 14.8. The number of hydrogen-bond donors (Lipinski definition) is 4. The Bertz CT molecular complexity index is 1230. The van der Waals surface area contributed by atoms with Crippen molar-refractivity contribution in [2.75, 3.05) is 46.3 Å². The lowest BCUT2D eigenvalue weighted by atomic mass is 9.98. The van der Waals surface area contributed by atoms with E-state index in [1.807, 2.05) is 30.3 Å². The van der Waals surface area contributed by atoms with Gasteiger partial charge >= 0.3 is 0 Å². The van der Waals surface area contributed by atoms with Crippen LogP contribution in [0.1, 0.15) is 36.7 Å². The van der Waals surface area contributed by atoms with E-state index in [1.54, 1.807) is 44.2 Å². The van der Waals surface area contributed by atoms with Gasteiger partial charge in [0.25, 0.3) is 11.8 Å². The molecule has 1 saturated heterocycles. The molecule has 2 aromatic carbocycles. The number of hydrogen-bond acceptors (Lipinski definition) is 7. The molecule has 3 rings (SSSR count). The van der Waals surface area contributed by atoms with Crippen molar-refractivity contribution >= 4 is 29.4 Å². The minimum absolute atomic E-state index is 0.209. The van der Waals surface area contributed by atoms with Crippen molar-refractivity contribution in [2.24, 2.45) is 5.92 Å². The fourth-order valence-electron chi connectivity index (χ4n) is 4.71. The molecular formula is C32H44N6O5. The first kappa shape index (κ1) is 33.4. The largest absolute Gasteiger partial charge is 0.348 e. The van der Waals surface area contributed by atoms with E-state index in [9.17, 15) is 24.0 Å². The Morgan fingerprint density at radius 3 is 1.98 bits per heavy atom. The summed E-state index contributed by atoms with van der Waals surface area (Å²) in [7, 11) is 2.07. The summed E-state index contributed by atoms with van der Waals surface area (Å²) in [5, 5.41) is 10.7. The molecule has 0 radical (unpaired) electrons. The van der Waals surface area contributed by atoms with Crippen LogP contribution in [0.25, 0.3) is 0 Å². The van der Waals surface area contributed by atoms with E-state index in [1.165, 1.54) is 6.92 Å². The average molecular weight is 593 g/mol. The van der Waals surface area contributed by atoms with Gasteiger partial charge in [-0.25, -0.2) is 0 Å². The van der Waals surface area contributed by atoms with Crippen molar-refractivity contribution in [3.05, 3.63) is 71.8 Å². The Kier molecular flexibility index (Phi) is 12.8. The molecule has 3 atom stereocenters. The SMILES string of the molecule is CC(NC(=O)C(Cc1ccccc1)NC(=O)c1ccccc1)C(=O)NC(C(=O)C(=O)NCCN1CCN(C)CC1)C(C)C. The monoisotopic (exact) mass is 592 g/mol. The van der Waals surface area contributed by atoms with Crippen molar-refractivity contribution in [1.82, 2.24) is 31.1 Å². The van der Waals surface area contributed by atoms with E-state index in [0.29, 0.717) is 18.7 Å². The van der Waals surface area contributed by atoms with Crippen LogP contribution < -0.4 is 21.3 Å². The van der Waals surface area contributed by atoms with Crippen molar-refractivity contribution in [1.29, 1.82) is 0 Å². The van der Waals surface area contributed by atoms with Crippen molar-refractivity contribution in [2.45, 2.75) is 45.3 Å². The van der Waals surface area contributed by atoms with Crippen molar-refractivity contribution < 1.29 is 24.0 Å². The average Bonchev–Trinajstić information content (AvgIpc) is 3.00. The predicted molar refractivity (Wildman–Crippen MR) is 164 cm³/mol. The molecule has 232 valence electrons. The topological polar surface area (TPSA) is 140 Å². The van der Waals surface area contributed by atoms with E-state index in [0.717, 1.165) is 31.7 Å². The second kappa shape index (κ2) is 16.5. The summed E-state index contributed by atoms with van der Waals surface area (Å²) in [5.41, 5.74) is 1.23. The van der Waals surface area contributed by atoms with Crippen LogP contribution in [-0.4, -0.2) is 104 Å². The second-order valence-electron chi connectivity index (χ2n) is 11.3. The number of likely N-dealkylation sites (N-methyl/N-ethyl adjacent to an activating group) is 1. The van der Waals surface area contributed by atoms with Crippen LogP contribution in [0.4, 0.5) is 0 Å². The van der Waals surface area contributed by atoms with E-state index < -0.39 is 47.5 Å². The molecule has 2 aromatic rings. The molecule has 1 fully saturated rings. The minimum Gasteiger partial charge on any atom is -0.348 e. The Balaban J connectivity index is 1.57. The van der Waals surface area contributed by atoms with Crippen LogP contribution in [0.2, 0.25) is 0 Å². The summed E-state index contributed by atoms with van der Waals surface area (Å²) in [6.45, 7) is 9.63.